The van der Waals surface area contributed by atoms with Gasteiger partial charge in [-0.05, 0) is 29.6 Å². The third-order valence-electron chi connectivity index (χ3n) is 4.79. The Kier molecular flexibility index (Phi) is 5.82. The summed E-state index contributed by atoms with van der Waals surface area (Å²) in [5.74, 6) is 1.05. The van der Waals surface area contributed by atoms with Crippen molar-refractivity contribution >= 4 is 43.3 Å². The lowest BCUT2D eigenvalue weighted by Gasteiger charge is -2.26. The van der Waals surface area contributed by atoms with Crippen molar-refractivity contribution in [3.05, 3.63) is 51.9 Å². The zero-order chi connectivity index (χ0) is 22.1. The zero-order valence-electron chi connectivity index (χ0n) is 16.6. The van der Waals surface area contributed by atoms with Crippen molar-refractivity contribution in [2.45, 2.75) is 15.9 Å². The maximum atomic E-state index is 12.9. The summed E-state index contributed by atoms with van der Waals surface area (Å²) in [7, 11) is -3.63. The zero-order valence-corrected chi connectivity index (χ0v) is 19.0. The smallest absolute Gasteiger partial charge is 0.277 e. The summed E-state index contributed by atoms with van der Waals surface area (Å²) in [6, 6.07) is 8.22. The SMILES string of the molecule is O=c1[nH]c(CSc2nnc(-c3cccc(S(=O)(=O)N4CCOCC4)c3)o2)nc2ccsc12. The first-order valence-corrected chi connectivity index (χ1v) is 12.9. The number of benzene rings is 1. The molecule has 4 aromatic rings. The molecule has 13 heteroatoms. The van der Waals surface area contributed by atoms with Gasteiger partial charge in [-0.15, -0.1) is 21.5 Å². The molecule has 0 unspecified atom stereocenters. The number of rotatable bonds is 6. The Bertz CT molecular complexity index is 1420. The van der Waals surface area contributed by atoms with Crippen LogP contribution in [0.2, 0.25) is 0 Å². The molecule has 0 saturated carbocycles. The van der Waals surface area contributed by atoms with Crippen LogP contribution in [0.25, 0.3) is 21.7 Å². The standard InChI is InChI=1S/C19H17N5O5S3/c25-17-16-14(4-9-30-16)20-15(21-17)11-31-19-23-22-18(29-19)12-2-1-3-13(10-12)32(26,27)24-5-7-28-8-6-24/h1-4,9-10H,5-8,11H2,(H,20,21,25). The Morgan fingerprint density at radius 3 is 2.88 bits per heavy atom. The third kappa shape index (κ3) is 4.21. The number of aromatic amines is 1. The number of thioether (sulfide) groups is 1. The molecule has 0 spiro atoms. The summed E-state index contributed by atoms with van der Waals surface area (Å²) in [5, 5.41) is 10.2. The second-order valence-corrected chi connectivity index (χ2v) is 10.6. The molecule has 1 aliphatic rings. The third-order valence-corrected chi connectivity index (χ3v) is 8.42. The first-order chi connectivity index (χ1) is 15.5. The predicted molar refractivity (Wildman–Crippen MR) is 119 cm³/mol. The molecule has 1 saturated heterocycles. The molecule has 1 fully saturated rings. The number of hydrogen-bond donors (Lipinski definition) is 1. The lowest BCUT2D eigenvalue weighted by atomic mass is 10.2. The fourth-order valence-corrected chi connectivity index (χ4v) is 6.04. The number of nitrogens with one attached hydrogen (secondary N) is 1. The van der Waals surface area contributed by atoms with E-state index in [-0.39, 0.29) is 21.6 Å². The van der Waals surface area contributed by atoms with E-state index in [0.29, 0.717) is 53.7 Å². The molecule has 0 amide bonds. The molecule has 0 aliphatic carbocycles. The number of sulfonamides is 1. The van der Waals surface area contributed by atoms with Crippen molar-refractivity contribution in [2.75, 3.05) is 26.3 Å². The number of aromatic nitrogens is 4. The van der Waals surface area contributed by atoms with Gasteiger partial charge in [0.1, 0.15) is 10.5 Å². The number of hydrogen-bond acceptors (Lipinski definition) is 10. The number of ether oxygens (including phenoxy) is 1. The van der Waals surface area contributed by atoms with Crippen LogP contribution < -0.4 is 5.56 Å². The predicted octanol–water partition coefficient (Wildman–Crippen LogP) is 2.35. The minimum atomic E-state index is -3.63. The molecule has 0 atom stereocenters. The minimum Gasteiger partial charge on any atom is -0.411 e. The van der Waals surface area contributed by atoms with E-state index in [9.17, 15) is 13.2 Å². The highest BCUT2D eigenvalue weighted by molar-refractivity contribution is 7.98. The van der Waals surface area contributed by atoms with Gasteiger partial charge in [0.25, 0.3) is 10.8 Å². The highest BCUT2D eigenvalue weighted by Crippen LogP contribution is 2.27. The van der Waals surface area contributed by atoms with Gasteiger partial charge in [-0.25, -0.2) is 13.4 Å². The molecular formula is C19H17N5O5S3. The van der Waals surface area contributed by atoms with Crippen molar-refractivity contribution < 1.29 is 17.6 Å². The summed E-state index contributed by atoms with van der Waals surface area (Å²) in [6.45, 7) is 1.40. The van der Waals surface area contributed by atoms with Crippen molar-refractivity contribution in [3.63, 3.8) is 0 Å². The molecule has 32 heavy (non-hydrogen) atoms. The molecule has 5 rings (SSSR count). The topological polar surface area (TPSA) is 131 Å². The summed E-state index contributed by atoms with van der Waals surface area (Å²) >= 11 is 2.58. The largest absolute Gasteiger partial charge is 0.411 e. The van der Waals surface area contributed by atoms with E-state index in [1.807, 2.05) is 5.38 Å². The maximum Gasteiger partial charge on any atom is 0.277 e. The van der Waals surface area contributed by atoms with Crippen LogP contribution in [-0.2, 0) is 20.5 Å². The summed E-state index contributed by atoms with van der Waals surface area (Å²) in [6.07, 6.45) is 0. The Hall–Kier alpha value is -2.58. The lowest BCUT2D eigenvalue weighted by molar-refractivity contribution is 0.0730. The fraction of sp³-hybridized carbons (Fsp3) is 0.263. The molecule has 10 nitrogen and oxygen atoms in total. The number of thiophene rings is 1. The second kappa shape index (κ2) is 8.75. The van der Waals surface area contributed by atoms with Gasteiger partial charge in [-0.1, -0.05) is 17.8 Å². The number of H-pyrrole nitrogens is 1. The van der Waals surface area contributed by atoms with E-state index in [0.717, 1.165) is 0 Å². The van der Waals surface area contributed by atoms with Crippen molar-refractivity contribution in [1.82, 2.24) is 24.5 Å². The van der Waals surface area contributed by atoms with Gasteiger partial charge in [0.2, 0.25) is 15.9 Å². The van der Waals surface area contributed by atoms with Gasteiger partial charge in [0.15, 0.2) is 0 Å². The van der Waals surface area contributed by atoms with Crippen LogP contribution in [0.4, 0.5) is 0 Å². The quantitative estimate of drug-likeness (QED) is 0.404. The van der Waals surface area contributed by atoms with Crippen LogP contribution in [-0.4, -0.2) is 59.2 Å². The Balaban J connectivity index is 1.33. The van der Waals surface area contributed by atoms with Crippen LogP contribution in [0.15, 0.2) is 55.0 Å². The van der Waals surface area contributed by atoms with E-state index in [2.05, 4.69) is 20.2 Å². The van der Waals surface area contributed by atoms with Gasteiger partial charge in [0.05, 0.1) is 29.4 Å². The summed E-state index contributed by atoms with van der Waals surface area (Å²) in [5.41, 5.74) is 0.980. The van der Waals surface area contributed by atoms with Crippen molar-refractivity contribution in [1.29, 1.82) is 0 Å². The molecular weight excluding hydrogens is 474 g/mol. The average Bonchev–Trinajstić information content (AvgIpc) is 3.48. The number of nitrogens with zero attached hydrogens (tertiary/aromatic N) is 4. The highest BCUT2D eigenvalue weighted by Gasteiger charge is 2.27. The molecule has 0 bridgehead atoms. The first-order valence-electron chi connectivity index (χ1n) is 9.62. The fourth-order valence-electron chi connectivity index (χ4n) is 3.23. The van der Waals surface area contributed by atoms with Gasteiger partial charge in [0, 0.05) is 18.7 Å². The van der Waals surface area contributed by atoms with E-state index in [4.69, 9.17) is 9.15 Å². The normalized spacial score (nSPS) is 15.4. The molecule has 4 heterocycles. The Morgan fingerprint density at radius 1 is 1.19 bits per heavy atom. The molecule has 0 radical (unpaired) electrons. The molecule has 1 aliphatic heterocycles. The van der Waals surface area contributed by atoms with Gasteiger partial charge >= 0.3 is 0 Å². The van der Waals surface area contributed by atoms with Crippen LogP contribution in [0, 0.1) is 0 Å². The van der Waals surface area contributed by atoms with Crippen LogP contribution in [0.1, 0.15) is 5.82 Å². The Labute approximate surface area is 190 Å². The monoisotopic (exact) mass is 491 g/mol. The second-order valence-electron chi connectivity index (χ2n) is 6.85. The number of morpholine rings is 1. The number of fused-ring (bicyclic) bond motifs is 1. The van der Waals surface area contributed by atoms with E-state index < -0.39 is 10.0 Å². The molecule has 3 aromatic heterocycles. The van der Waals surface area contributed by atoms with Crippen molar-refractivity contribution in [2.24, 2.45) is 0 Å². The van der Waals surface area contributed by atoms with E-state index >= 15 is 0 Å². The molecule has 1 aromatic carbocycles. The molecule has 166 valence electrons. The van der Waals surface area contributed by atoms with Gasteiger partial charge < -0.3 is 14.1 Å². The van der Waals surface area contributed by atoms with E-state index in [1.165, 1.54) is 33.5 Å². The van der Waals surface area contributed by atoms with Crippen molar-refractivity contribution in [3.8, 4) is 11.5 Å². The Morgan fingerprint density at radius 2 is 2.03 bits per heavy atom. The summed E-state index contributed by atoms with van der Waals surface area (Å²) in [4.78, 5) is 19.4. The van der Waals surface area contributed by atoms with Gasteiger partial charge in [-0.2, -0.15) is 4.31 Å². The first kappa shape index (κ1) is 21.3. The summed E-state index contributed by atoms with van der Waals surface area (Å²) < 4.78 is 38.7. The van der Waals surface area contributed by atoms with Crippen LogP contribution >= 0.6 is 23.1 Å². The minimum absolute atomic E-state index is 0.162. The van der Waals surface area contributed by atoms with Crippen LogP contribution in [0.5, 0.6) is 0 Å². The molecule has 1 N–H and O–H groups in total. The lowest BCUT2D eigenvalue weighted by Crippen LogP contribution is -2.40. The highest BCUT2D eigenvalue weighted by atomic mass is 32.2. The maximum absolute atomic E-state index is 12.9. The average molecular weight is 492 g/mol. The van der Waals surface area contributed by atoms with Crippen LogP contribution in [0.3, 0.4) is 0 Å². The van der Waals surface area contributed by atoms with Gasteiger partial charge in [-0.3, -0.25) is 4.79 Å². The van der Waals surface area contributed by atoms with E-state index in [1.54, 1.807) is 24.3 Å².